The minimum absolute atomic E-state index is 0.192. The largest absolute Gasteiger partial charge is 0.309 e. The fourth-order valence-corrected chi connectivity index (χ4v) is 4.77. The van der Waals surface area contributed by atoms with E-state index in [4.69, 9.17) is 11.6 Å². The molecule has 1 heterocycles. The van der Waals surface area contributed by atoms with Crippen LogP contribution in [0.25, 0.3) is 0 Å². The van der Waals surface area contributed by atoms with Gasteiger partial charge < -0.3 is 0 Å². The summed E-state index contributed by atoms with van der Waals surface area (Å²) in [5, 5.41) is 4.38. The Hall–Kier alpha value is -3.00. The molecule has 0 atom stereocenters. The second kappa shape index (κ2) is 10.7. The lowest BCUT2D eigenvalue weighted by Gasteiger charge is -2.16. The molecule has 0 bridgehead atoms. The van der Waals surface area contributed by atoms with Crippen molar-refractivity contribution in [2.45, 2.75) is 12.5 Å². The summed E-state index contributed by atoms with van der Waals surface area (Å²) in [5.41, 5.74) is 5.27. The number of halogens is 2. The van der Waals surface area contributed by atoms with Crippen molar-refractivity contribution in [2.75, 3.05) is 0 Å². The molecule has 0 unspecified atom stereocenters. The number of nitrogens with zero attached hydrogens (tertiary/aromatic N) is 2. The summed E-state index contributed by atoms with van der Waals surface area (Å²) in [7, 11) is 0. The molecular weight excluding hydrogens is 522 g/mol. The smallest absolute Gasteiger partial charge is 0.284 e. The van der Waals surface area contributed by atoms with Crippen LogP contribution in [0, 0.1) is 0 Å². The van der Waals surface area contributed by atoms with Gasteiger partial charge in [0.1, 0.15) is 5.15 Å². The quantitative estimate of drug-likeness (QED) is 0.243. The highest BCUT2D eigenvalue weighted by Gasteiger charge is 2.22. The summed E-state index contributed by atoms with van der Waals surface area (Å²) in [4.78, 5) is 25.8. The third-order valence-corrected chi connectivity index (χ3v) is 6.96. The third-order valence-electron chi connectivity index (χ3n) is 5.00. The molecule has 4 rings (SSSR count). The molecule has 5 nitrogen and oxygen atoms in total. The SMILES string of the molecule is O=C(N/N=C/c1sc(=O)n(Cc2ccc(Br)cc2)c1Cl)C(c1ccccc1)c1ccccc1. The third kappa shape index (κ3) is 5.68. The number of nitrogens with one attached hydrogen (secondary N) is 1. The molecule has 0 aliphatic rings. The van der Waals surface area contributed by atoms with E-state index in [9.17, 15) is 9.59 Å². The maximum Gasteiger partial charge on any atom is 0.309 e. The van der Waals surface area contributed by atoms with Crippen molar-refractivity contribution >= 4 is 51.0 Å². The predicted molar refractivity (Wildman–Crippen MR) is 137 cm³/mol. The number of benzene rings is 3. The molecule has 33 heavy (non-hydrogen) atoms. The molecule has 0 saturated carbocycles. The first-order valence-corrected chi connectivity index (χ1v) is 12.1. The van der Waals surface area contributed by atoms with E-state index < -0.39 is 5.92 Å². The predicted octanol–water partition coefficient (Wildman–Crippen LogP) is 5.66. The topological polar surface area (TPSA) is 63.5 Å². The highest BCUT2D eigenvalue weighted by molar-refractivity contribution is 9.10. The van der Waals surface area contributed by atoms with E-state index in [0.717, 1.165) is 32.5 Å². The summed E-state index contributed by atoms with van der Waals surface area (Å²) >= 11 is 10.8. The first-order chi connectivity index (χ1) is 16.0. The summed E-state index contributed by atoms with van der Waals surface area (Å²) in [5.74, 6) is -0.790. The Bertz CT molecular complexity index is 1280. The number of hydrogen-bond acceptors (Lipinski definition) is 4. The molecule has 1 aromatic heterocycles. The Morgan fingerprint density at radius 2 is 1.58 bits per heavy atom. The van der Waals surface area contributed by atoms with Gasteiger partial charge in [-0.05, 0) is 28.8 Å². The van der Waals surface area contributed by atoms with Gasteiger partial charge in [-0.15, -0.1) is 0 Å². The van der Waals surface area contributed by atoms with Gasteiger partial charge >= 0.3 is 4.87 Å². The Morgan fingerprint density at radius 1 is 1.00 bits per heavy atom. The van der Waals surface area contributed by atoms with Gasteiger partial charge in [0.15, 0.2) is 0 Å². The van der Waals surface area contributed by atoms with Crippen LogP contribution in [-0.4, -0.2) is 16.7 Å². The molecule has 166 valence electrons. The van der Waals surface area contributed by atoms with Gasteiger partial charge in [0.2, 0.25) is 0 Å². The molecule has 0 aliphatic carbocycles. The van der Waals surface area contributed by atoms with Gasteiger partial charge in [-0.25, -0.2) is 5.43 Å². The van der Waals surface area contributed by atoms with E-state index >= 15 is 0 Å². The Kier molecular flexibility index (Phi) is 7.54. The second-order valence-electron chi connectivity index (χ2n) is 7.22. The first-order valence-electron chi connectivity index (χ1n) is 10.1. The van der Waals surface area contributed by atoms with Crippen LogP contribution in [0.15, 0.2) is 99.3 Å². The molecule has 3 aromatic carbocycles. The van der Waals surface area contributed by atoms with E-state index in [1.807, 2.05) is 84.9 Å². The van der Waals surface area contributed by atoms with Crippen LogP contribution in [0.1, 0.15) is 27.5 Å². The molecule has 8 heteroatoms. The fourth-order valence-electron chi connectivity index (χ4n) is 3.40. The van der Waals surface area contributed by atoms with Crippen molar-refractivity contribution in [3.05, 3.63) is 126 Å². The van der Waals surface area contributed by atoms with Gasteiger partial charge in [-0.3, -0.25) is 14.2 Å². The van der Waals surface area contributed by atoms with Crippen LogP contribution in [0.5, 0.6) is 0 Å². The number of carbonyl (C=O) groups is 1. The van der Waals surface area contributed by atoms with E-state index in [0.29, 0.717) is 11.4 Å². The molecule has 1 amide bonds. The van der Waals surface area contributed by atoms with Crippen LogP contribution in [0.4, 0.5) is 0 Å². The number of hydrazone groups is 1. The average molecular weight is 541 g/mol. The summed E-state index contributed by atoms with van der Waals surface area (Å²) in [6.07, 6.45) is 1.41. The number of amides is 1. The highest BCUT2D eigenvalue weighted by Crippen LogP contribution is 2.25. The Labute approximate surface area is 208 Å². The average Bonchev–Trinajstić information content (AvgIpc) is 3.09. The summed E-state index contributed by atoms with van der Waals surface area (Å²) in [6, 6.07) is 26.7. The molecule has 1 N–H and O–H groups in total. The van der Waals surface area contributed by atoms with Gasteiger partial charge in [0, 0.05) is 4.47 Å². The normalized spacial score (nSPS) is 11.2. The van der Waals surface area contributed by atoms with Crippen LogP contribution in [0.2, 0.25) is 5.15 Å². The lowest BCUT2D eigenvalue weighted by Crippen LogP contribution is -2.26. The van der Waals surface area contributed by atoms with Crippen molar-refractivity contribution in [3.63, 3.8) is 0 Å². The monoisotopic (exact) mass is 539 g/mol. The molecule has 0 aliphatic heterocycles. The van der Waals surface area contributed by atoms with Gasteiger partial charge in [-0.2, -0.15) is 5.10 Å². The van der Waals surface area contributed by atoms with Crippen LogP contribution >= 0.6 is 38.9 Å². The van der Waals surface area contributed by atoms with Gasteiger partial charge in [-0.1, -0.05) is 112 Å². The molecule has 0 radical (unpaired) electrons. The lowest BCUT2D eigenvalue weighted by atomic mass is 9.91. The van der Waals surface area contributed by atoms with Crippen molar-refractivity contribution in [1.29, 1.82) is 0 Å². The summed E-state index contributed by atoms with van der Waals surface area (Å²) < 4.78 is 2.44. The van der Waals surface area contributed by atoms with Crippen LogP contribution in [0.3, 0.4) is 0 Å². The minimum atomic E-state index is -0.513. The highest BCUT2D eigenvalue weighted by atomic mass is 79.9. The van der Waals surface area contributed by atoms with Crippen molar-refractivity contribution < 1.29 is 4.79 Å². The number of rotatable bonds is 7. The lowest BCUT2D eigenvalue weighted by molar-refractivity contribution is -0.121. The minimum Gasteiger partial charge on any atom is -0.284 e. The molecule has 4 aromatic rings. The van der Waals surface area contributed by atoms with Crippen molar-refractivity contribution in [1.82, 2.24) is 9.99 Å². The zero-order valence-corrected chi connectivity index (χ0v) is 20.5. The van der Waals surface area contributed by atoms with Crippen LogP contribution in [-0.2, 0) is 11.3 Å². The zero-order chi connectivity index (χ0) is 23.2. The number of carbonyl (C=O) groups excluding carboxylic acids is 1. The Morgan fingerprint density at radius 3 is 2.15 bits per heavy atom. The van der Waals surface area contributed by atoms with Crippen molar-refractivity contribution in [2.24, 2.45) is 5.10 Å². The first kappa shape index (κ1) is 23.2. The maximum atomic E-state index is 13.0. The standard InChI is InChI=1S/C25H19BrClN3O2S/c26-20-13-11-17(12-14-20)16-30-23(27)21(33-25(30)32)15-28-29-24(31)22(18-7-3-1-4-8-18)19-9-5-2-6-10-19/h1-15,22H,16H2,(H,29,31)/b28-15+. The zero-order valence-electron chi connectivity index (χ0n) is 17.3. The van der Waals surface area contributed by atoms with Gasteiger partial charge in [0.05, 0.1) is 23.6 Å². The maximum absolute atomic E-state index is 13.0. The fraction of sp³-hybridized carbons (Fsp3) is 0.0800. The molecule has 0 fully saturated rings. The second-order valence-corrected chi connectivity index (χ2v) is 9.49. The van der Waals surface area contributed by atoms with E-state index in [1.165, 1.54) is 10.8 Å². The van der Waals surface area contributed by atoms with E-state index in [-0.39, 0.29) is 15.9 Å². The molecule has 0 saturated heterocycles. The summed E-state index contributed by atoms with van der Waals surface area (Å²) in [6.45, 7) is 0.353. The van der Waals surface area contributed by atoms with Crippen LogP contribution < -0.4 is 10.3 Å². The van der Waals surface area contributed by atoms with E-state index in [1.54, 1.807) is 0 Å². The number of aromatic nitrogens is 1. The number of hydrogen-bond donors (Lipinski definition) is 1. The molecule has 0 spiro atoms. The Balaban J connectivity index is 1.51. The molecular formula is C25H19BrClN3O2S. The van der Waals surface area contributed by atoms with Gasteiger partial charge in [0.25, 0.3) is 5.91 Å². The van der Waals surface area contributed by atoms with E-state index in [2.05, 4.69) is 26.5 Å². The number of thiazole rings is 1. The van der Waals surface area contributed by atoms with Crippen molar-refractivity contribution in [3.8, 4) is 0 Å².